The van der Waals surface area contributed by atoms with Crippen molar-refractivity contribution in [3.8, 4) is 0 Å². The summed E-state index contributed by atoms with van der Waals surface area (Å²) in [5, 5.41) is 3.86. The molecule has 112 valence electrons. The first-order chi connectivity index (χ1) is 10.1. The number of carbonyl (C=O) groups excluding carboxylic acids is 1. The maximum absolute atomic E-state index is 13.7. The van der Waals surface area contributed by atoms with E-state index >= 15 is 0 Å². The fourth-order valence-corrected chi connectivity index (χ4v) is 2.22. The van der Waals surface area contributed by atoms with E-state index < -0.39 is 0 Å². The number of halogens is 1. The molecule has 2 aromatic rings. The van der Waals surface area contributed by atoms with Crippen LogP contribution in [0.1, 0.15) is 16.8 Å². The SMILES string of the molecule is COCC(N)CCNC(=O)c1ccc(F)c2ccccc12. The molecule has 1 unspecified atom stereocenters. The smallest absolute Gasteiger partial charge is 0.251 e. The average Bonchev–Trinajstić information content (AvgIpc) is 2.48. The van der Waals surface area contributed by atoms with Crippen LogP contribution in [-0.4, -0.2) is 32.2 Å². The topological polar surface area (TPSA) is 64.3 Å². The second-order valence-electron chi connectivity index (χ2n) is 4.90. The number of amides is 1. The van der Waals surface area contributed by atoms with Crippen molar-refractivity contribution in [2.75, 3.05) is 20.3 Å². The maximum atomic E-state index is 13.7. The highest BCUT2D eigenvalue weighted by Gasteiger charge is 2.12. The van der Waals surface area contributed by atoms with Crippen molar-refractivity contribution in [2.24, 2.45) is 5.73 Å². The van der Waals surface area contributed by atoms with Gasteiger partial charge in [-0.3, -0.25) is 4.79 Å². The Kier molecular flexibility index (Phi) is 5.25. The zero-order valence-electron chi connectivity index (χ0n) is 11.9. The van der Waals surface area contributed by atoms with Gasteiger partial charge in [-0.2, -0.15) is 0 Å². The van der Waals surface area contributed by atoms with E-state index in [0.29, 0.717) is 35.9 Å². The Labute approximate surface area is 123 Å². The third-order valence-corrected chi connectivity index (χ3v) is 3.30. The molecule has 0 saturated heterocycles. The number of benzene rings is 2. The highest BCUT2D eigenvalue weighted by molar-refractivity contribution is 6.07. The second-order valence-corrected chi connectivity index (χ2v) is 4.90. The Morgan fingerprint density at radius 1 is 1.29 bits per heavy atom. The predicted molar refractivity (Wildman–Crippen MR) is 80.7 cm³/mol. The zero-order valence-corrected chi connectivity index (χ0v) is 11.9. The Hall–Kier alpha value is -1.98. The molecule has 2 rings (SSSR count). The van der Waals surface area contributed by atoms with Crippen molar-refractivity contribution >= 4 is 16.7 Å². The van der Waals surface area contributed by atoms with Crippen LogP contribution in [0.15, 0.2) is 36.4 Å². The van der Waals surface area contributed by atoms with E-state index in [9.17, 15) is 9.18 Å². The maximum Gasteiger partial charge on any atom is 0.251 e. The highest BCUT2D eigenvalue weighted by atomic mass is 19.1. The van der Waals surface area contributed by atoms with Gasteiger partial charge in [0, 0.05) is 30.6 Å². The zero-order chi connectivity index (χ0) is 15.2. The molecule has 0 saturated carbocycles. The van der Waals surface area contributed by atoms with Crippen LogP contribution in [0, 0.1) is 5.82 Å². The number of nitrogens with one attached hydrogen (secondary N) is 1. The molecule has 0 aliphatic heterocycles. The van der Waals surface area contributed by atoms with Crippen LogP contribution in [0.2, 0.25) is 0 Å². The second kappa shape index (κ2) is 7.15. The first kappa shape index (κ1) is 15.4. The van der Waals surface area contributed by atoms with Gasteiger partial charge in [-0.25, -0.2) is 4.39 Å². The Morgan fingerprint density at radius 3 is 2.71 bits per heavy atom. The van der Waals surface area contributed by atoms with Crippen molar-refractivity contribution in [1.82, 2.24) is 5.32 Å². The summed E-state index contributed by atoms with van der Waals surface area (Å²) in [6, 6.07) is 9.64. The number of ether oxygens (including phenoxy) is 1. The molecular formula is C16H19FN2O2. The molecule has 3 N–H and O–H groups in total. The number of hydrogen-bond acceptors (Lipinski definition) is 3. The van der Waals surface area contributed by atoms with E-state index in [4.69, 9.17) is 10.5 Å². The molecule has 1 atom stereocenters. The highest BCUT2D eigenvalue weighted by Crippen LogP contribution is 2.21. The average molecular weight is 290 g/mol. The molecule has 0 radical (unpaired) electrons. The number of nitrogens with two attached hydrogens (primary N) is 1. The lowest BCUT2D eigenvalue weighted by Gasteiger charge is -2.12. The summed E-state index contributed by atoms with van der Waals surface area (Å²) in [4.78, 5) is 12.2. The molecule has 4 nitrogen and oxygen atoms in total. The van der Waals surface area contributed by atoms with Gasteiger partial charge in [0.25, 0.3) is 5.91 Å². The van der Waals surface area contributed by atoms with Gasteiger partial charge in [0.1, 0.15) is 5.82 Å². The molecule has 0 heterocycles. The van der Waals surface area contributed by atoms with Crippen LogP contribution in [-0.2, 0) is 4.74 Å². The van der Waals surface area contributed by atoms with Crippen LogP contribution in [0.5, 0.6) is 0 Å². The molecule has 0 fully saturated rings. The minimum absolute atomic E-state index is 0.111. The summed E-state index contributed by atoms with van der Waals surface area (Å²) >= 11 is 0. The van der Waals surface area contributed by atoms with Crippen molar-refractivity contribution in [2.45, 2.75) is 12.5 Å². The number of hydrogen-bond donors (Lipinski definition) is 2. The van der Waals surface area contributed by atoms with E-state index in [1.54, 1.807) is 31.4 Å². The van der Waals surface area contributed by atoms with Gasteiger partial charge < -0.3 is 15.8 Å². The van der Waals surface area contributed by atoms with Gasteiger partial charge in [0.05, 0.1) is 6.61 Å². The van der Waals surface area contributed by atoms with Gasteiger partial charge in [-0.05, 0) is 23.9 Å². The largest absolute Gasteiger partial charge is 0.383 e. The van der Waals surface area contributed by atoms with Gasteiger partial charge in [0.2, 0.25) is 0 Å². The van der Waals surface area contributed by atoms with E-state index in [1.807, 2.05) is 0 Å². The molecule has 0 spiro atoms. The van der Waals surface area contributed by atoms with Crippen molar-refractivity contribution in [3.63, 3.8) is 0 Å². The summed E-state index contributed by atoms with van der Waals surface area (Å²) in [7, 11) is 1.59. The fourth-order valence-electron chi connectivity index (χ4n) is 2.22. The van der Waals surface area contributed by atoms with E-state index in [0.717, 1.165) is 0 Å². The van der Waals surface area contributed by atoms with Crippen LogP contribution in [0.25, 0.3) is 10.8 Å². The third-order valence-electron chi connectivity index (χ3n) is 3.30. The molecule has 0 aliphatic carbocycles. The van der Waals surface area contributed by atoms with Crippen molar-refractivity contribution in [1.29, 1.82) is 0 Å². The Morgan fingerprint density at radius 2 is 2.00 bits per heavy atom. The predicted octanol–water partition coefficient (Wildman–Crippen LogP) is 2.07. The van der Waals surface area contributed by atoms with Crippen molar-refractivity contribution < 1.29 is 13.9 Å². The van der Waals surface area contributed by atoms with Gasteiger partial charge >= 0.3 is 0 Å². The van der Waals surface area contributed by atoms with Gasteiger partial charge in [-0.15, -0.1) is 0 Å². The Balaban J connectivity index is 2.08. The molecule has 1 amide bonds. The molecule has 5 heteroatoms. The quantitative estimate of drug-likeness (QED) is 0.856. The number of carbonyl (C=O) groups is 1. The lowest BCUT2D eigenvalue weighted by Crippen LogP contribution is -2.33. The lowest BCUT2D eigenvalue weighted by atomic mass is 10.0. The van der Waals surface area contributed by atoms with Gasteiger partial charge in [-0.1, -0.05) is 24.3 Å². The standard InChI is InChI=1S/C16H19FN2O2/c1-21-10-11(18)8-9-19-16(20)14-6-7-15(17)13-5-3-2-4-12(13)14/h2-7,11H,8-10,18H2,1H3,(H,19,20). The minimum atomic E-state index is -0.329. The van der Waals surface area contributed by atoms with Crippen LogP contribution >= 0.6 is 0 Å². The van der Waals surface area contributed by atoms with Gasteiger partial charge in [0.15, 0.2) is 0 Å². The summed E-state index contributed by atoms with van der Waals surface area (Å²) in [5.74, 6) is -0.555. The van der Waals surface area contributed by atoms with E-state index in [1.165, 1.54) is 12.1 Å². The van der Waals surface area contributed by atoms with Crippen LogP contribution < -0.4 is 11.1 Å². The van der Waals surface area contributed by atoms with E-state index in [-0.39, 0.29) is 17.8 Å². The van der Waals surface area contributed by atoms with E-state index in [2.05, 4.69) is 5.32 Å². The van der Waals surface area contributed by atoms with Crippen LogP contribution in [0.3, 0.4) is 0 Å². The summed E-state index contributed by atoms with van der Waals surface area (Å²) in [6.45, 7) is 0.907. The molecule has 0 aliphatic rings. The summed E-state index contributed by atoms with van der Waals surface area (Å²) < 4.78 is 18.6. The molecule has 2 aromatic carbocycles. The normalized spacial score (nSPS) is 12.3. The first-order valence-electron chi connectivity index (χ1n) is 6.83. The number of fused-ring (bicyclic) bond motifs is 1. The first-order valence-corrected chi connectivity index (χ1v) is 6.83. The molecule has 0 bridgehead atoms. The minimum Gasteiger partial charge on any atom is -0.383 e. The third kappa shape index (κ3) is 3.77. The summed E-state index contributed by atoms with van der Waals surface area (Å²) in [5.41, 5.74) is 6.26. The molecule has 21 heavy (non-hydrogen) atoms. The monoisotopic (exact) mass is 290 g/mol. The molecular weight excluding hydrogens is 271 g/mol. The Bertz CT molecular complexity index is 631. The lowest BCUT2D eigenvalue weighted by molar-refractivity contribution is 0.0952. The summed E-state index contributed by atoms with van der Waals surface area (Å²) in [6.07, 6.45) is 0.624. The number of methoxy groups -OCH3 is 1. The number of rotatable bonds is 6. The fraction of sp³-hybridized carbons (Fsp3) is 0.312. The van der Waals surface area contributed by atoms with Crippen LogP contribution in [0.4, 0.5) is 4.39 Å². The van der Waals surface area contributed by atoms with Crippen molar-refractivity contribution in [3.05, 3.63) is 47.8 Å². The molecule has 0 aromatic heterocycles.